The molecule has 7 heteroatoms. The number of likely N-dealkylation sites (N-methyl/N-ethyl adjacent to an activating group) is 1. The molecule has 0 aliphatic heterocycles. The standard InChI is InChI=1S/C13H16ClFN2O3/c1-16-10-4-2-3-5-12(10)20-13-6-8(14)9(15)7-11(13)17(18)19/h6-7,10,12,16H,2-5H2,1H3. The van der Waals surface area contributed by atoms with Gasteiger partial charge >= 0.3 is 5.69 Å². The van der Waals surface area contributed by atoms with Crippen molar-refractivity contribution in [3.05, 3.63) is 33.1 Å². The summed E-state index contributed by atoms with van der Waals surface area (Å²) in [6.07, 6.45) is 3.68. The molecule has 1 N–H and O–H groups in total. The van der Waals surface area contributed by atoms with Gasteiger partial charge < -0.3 is 10.1 Å². The van der Waals surface area contributed by atoms with E-state index in [1.807, 2.05) is 7.05 Å². The molecule has 1 aromatic carbocycles. The first kappa shape index (κ1) is 15.0. The first-order chi connectivity index (χ1) is 9.52. The van der Waals surface area contributed by atoms with Crippen LogP contribution < -0.4 is 10.1 Å². The van der Waals surface area contributed by atoms with E-state index in [1.54, 1.807) is 0 Å². The van der Waals surface area contributed by atoms with Crippen LogP contribution in [-0.4, -0.2) is 24.1 Å². The zero-order chi connectivity index (χ0) is 14.7. The number of hydrogen-bond donors (Lipinski definition) is 1. The Hall–Kier alpha value is -1.40. The van der Waals surface area contributed by atoms with Crippen molar-refractivity contribution in [2.45, 2.75) is 37.8 Å². The van der Waals surface area contributed by atoms with E-state index in [0.29, 0.717) is 0 Å². The van der Waals surface area contributed by atoms with Gasteiger partial charge in [-0.15, -0.1) is 0 Å². The predicted octanol–water partition coefficient (Wildman–Crippen LogP) is 3.30. The predicted molar refractivity (Wildman–Crippen MR) is 73.8 cm³/mol. The van der Waals surface area contributed by atoms with Gasteiger partial charge in [0.05, 0.1) is 16.0 Å². The highest BCUT2D eigenvalue weighted by Gasteiger charge is 2.28. The normalized spacial score (nSPS) is 22.6. The number of nitro groups is 1. The molecule has 0 heterocycles. The fourth-order valence-electron chi connectivity index (χ4n) is 2.49. The van der Waals surface area contributed by atoms with Gasteiger partial charge in [0.1, 0.15) is 11.9 Å². The van der Waals surface area contributed by atoms with Crippen molar-refractivity contribution in [2.75, 3.05) is 7.05 Å². The van der Waals surface area contributed by atoms with Gasteiger partial charge in [0, 0.05) is 12.1 Å². The van der Waals surface area contributed by atoms with Crippen molar-refractivity contribution in [1.29, 1.82) is 0 Å². The van der Waals surface area contributed by atoms with Gasteiger partial charge in [0.25, 0.3) is 0 Å². The second-order valence-corrected chi connectivity index (χ2v) is 5.23. The lowest BCUT2D eigenvalue weighted by molar-refractivity contribution is -0.386. The average Bonchev–Trinajstić information content (AvgIpc) is 2.43. The topological polar surface area (TPSA) is 64.4 Å². The van der Waals surface area contributed by atoms with Gasteiger partial charge in [-0.3, -0.25) is 10.1 Å². The Labute approximate surface area is 121 Å². The summed E-state index contributed by atoms with van der Waals surface area (Å²) in [7, 11) is 1.83. The maximum Gasteiger partial charge on any atom is 0.313 e. The molecule has 0 radical (unpaired) electrons. The molecule has 0 amide bonds. The van der Waals surface area contributed by atoms with Crippen LogP contribution in [0.2, 0.25) is 5.02 Å². The van der Waals surface area contributed by atoms with Crippen LogP contribution in [0.5, 0.6) is 5.75 Å². The van der Waals surface area contributed by atoms with Crippen molar-refractivity contribution in [3.63, 3.8) is 0 Å². The van der Waals surface area contributed by atoms with Crippen LogP contribution in [0.1, 0.15) is 25.7 Å². The van der Waals surface area contributed by atoms with Crippen LogP contribution in [0.3, 0.4) is 0 Å². The van der Waals surface area contributed by atoms with Crippen LogP contribution in [-0.2, 0) is 0 Å². The minimum Gasteiger partial charge on any atom is -0.482 e. The van der Waals surface area contributed by atoms with E-state index >= 15 is 0 Å². The zero-order valence-electron chi connectivity index (χ0n) is 11.1. The van der Waals surface area contributed by atoms with E-state index in [2.05, 4.69) is 5.32 Å². The van der Waals surface area contributed by atoms with Crippen molar-refractivity contribution >= 4 is 17.3 Å². The summed E-state index contributed by atoms with van der Waals surface area (Å²) in [5.41, 5.74) is -0.396. The molecule has 2 unspecified atom stereocenters. The molecule has 2 atom stereocenters. The highest BCUT2D eigenvalue weighted by molar-refractivity contribution is 6.31. The molecule has 0 bridgehead atoms. The maximum absolute atomic E-state index is 13.3. The third-order valence-electron chi connectivity index (χ3n) is 3.55. The smallest absolute Gasteiger partial charge is 0.313 e. The van der Waals surface area contributed by atoms with Gasteiger partial charge in [-0.25, -0.2) is 4.39 Å². The quantitative estimate of drug-likeness (QED) is 0.684. The van der Waals surface area contributed by atoms with Crippen LogP contribution in [0, 0.1) is 15.9 Å². The number of nitro benzene ring substituents is 1. The Morgan fingerprint density at radius 2 is 2.15 bits per heavy atom. The first-order valence-electron chi connectivity index (χ1n) is 6.50. The van der Waals surface area contributed by atoms with Gasteiger partial charge in [0.15, 0.2) is 5.75 Å². The van der Waals surface area contributed by atoms with Crippen molar-refractivity contribution < 1.29 is 14.1 Å². The van der Waals surface area contributed by atoms with Gasteiger partial charge in [-0.05, 0) is 26.3 Å². The molecule has 1 aliphatic carbocycles. The van der Waals surface area contributed by atoms with Gasteiger partial charge in [-0.1, -0.05) is 18.0 Å². The monoisotopic (exact) mass is 302 g/mol. The fourth-order valence-corrected chi connectivity index (χ4v) is 2.64. The fraction of sp³-hybridized carbons (Fsp3) is 0.538. The summed E-state index contributed by atoms with van der Waals surface area (Å²) >= 11 is 5.69. The molecule has 5 nitrogen and oxygen atoms in total. The lowest BCUT2D eigenvalue weighted by atomic mass is 9.92. The van der Waals surface area contributed by atoms with E-state index in [0.717, 1.165) is 31.7 Å². The van der Waals surface area contributed by atoms with Crippen molar-refractivity contribution in [2.24, 2.45) is 0 Å². The summed E-state index contributed by atoms with van der Waals surface area (Å²) < 4.78 is 19.1. The minimum absolute atomic E-state index is 0.0218. The summed E-state index contributed by atoms with van der Waals surface area (Å²) in [4.78, 5) is 10.3. The highest BCUT2D eigenvalue weighted by atomic mass is 35.5. The summed E-state index contributed by atoms with van der Waals surface area (Å²) in [5.74, 6) is -0.798. The Kier molecular flexibility index (Phi) is 4.77. The van der Waals surface area contributed by atoms with Gasteiger partial charge in [0.2, 0.25) is 0 Å². The Balaban J connectivity index is 2.27. The molecule has 0 spiro atoms. The molecular formula is C13H16ClFN2O3. The number of nitrogens with zero attached hydrogens (tertiary/aromatic N) is 1. The van der Waals surface area contributed by atoms with E-state index < -0.39 is 16.4 Å². The third kappa shape index (κ3) is 3.19. The van der Waals surface area contributed by atoms with E-state index in [4.69, 9.17) is 16.3 Å². The maximum atomic E-state index is 13.3. The lowest BCUT2D eigenvalue weighted by Gasteiger charge is -2.31. The van der Waals surface area contributed by atoms with E-state index in [1.165, 1.54) is 6.07 Å². The van der Waals surface area contributed by atoms with Crippen LogP contribution in [0.4, 0.5) is 10.1 Å². The van der Waals surface area contributed by atoms with Crippen molar-refractivity contribution in [1.82, 2.24) is 5.32 Å². The summed E-state index contributed by atoms with van der Waals surface area (Å²) in [5, 5.41) is 13.9. The van der Waals surface area contributed by atoms with Crippen LogP contribution >= 0.6 is 11.6 Å². The van der Waals surface area contributed by atoms with Gasteiger partial charge in [-0.2, -0.15) is 0 Å². The molecule has 1 saturated carbocycles. The Morgan fingerprint density at radius 1 is 1.45 bits per heavy atom. The Morgan fingerprint density at radius 3 is 2.80 bits per heavy atom. The molecule has 1 aliphatic rings. The summed E-state index contributed by atoms with van der Waals surface area (Å²) in [6, 6.07) is 2.11. The lowest BCUT2D eigenvalue weighted by Crippen LogP contribution is -2.43. The molecule has 110 valence electrons. The largest absolute Gasteiger partial charge is 0.482 e. The van der Waals surface area contributed by atoms with Crippen LogP contribution in [0.15, 0.2) is 12.1 Å². The number of ether oxygens (including phenoxy) is 1. The second-order valence-electron chi connectivity index (χ2n) is 4.83. The first-order valence-corrected chi connectivity index (χ1v) is 6.88. The van der Waals surface area contributed by atoms with Crippen molar-refractivity contribution in [3.8, 4) is 5.75 Å². The molecule has 1 aromatic rings. The number of hydrogen-bond acceptors (Lipinski definition) is 4. The highest BCUT2D eigenvalue weighted by Crippen LogP contribution is 2.34. The molecule has 0 saturated heterocycles. The average molecular weight is 303 g/mol. The number of rotatable bonds is 4. The number of benzene rings is 1. The molecule has 0 aromatic heterocycles. The number of halogens is 2. The SMILES string of the molecule is CNC1CCCCC1Oc1cc(Cl)c(F)cc1[N+](=O)[O-]. The Bertz CT molecular complexity index is 513. The van der Waals surface area contributed by atoms with Crippen LogP contribution in [0.25, 0.3) is 0 Å². The number of nitrogens with one attached hydrogen (secondary N) is 1. The molecule has 1 fully saturated rings. The second kappa shape index (κ2) is 6.37. The van der Waals surface area contributed by atoms with E-state index in [9.17, 15) is 14.5 Å². The zero-order valence-corrected chi connectivity index (χ0v) is 11.8. The molecular weight excluding hydrogens is 287 g/mol. The summed E-state index contributed by atoms with van der Waals surface area (Å²) in [6.45, 7) is 0. The minimum atomic E-state index is -0.820. The third-order valence-corrected chi connectivity index (χ3v) is 3.84. The van der Waals surface area contributed by atoms with E-state index in [-0.39, 0.29) is 22.9 Å². The molecule has 2 rings (SSSR count). The molecule has 20 heavy (non-hydrogen) atoms.